The van der Waals surface area contributed by atoms with E-state index in [9.17, 15) is 9.90 Å². The summed E-state index contributed by atoms with van der Waals surface area (Å²) >= 11 is 0. The number of hydrogen-bond acceptors (Lipinski definition) is 2. The molecule has 0 aromatic heterocycles. The van der Waals surface area contributed by atoms with Gasteiger partial charge < -0.3 is 10.4 Å². The molecule has 0 aliphatic carbocycles. The first-order chi connectivity index (χ1) is 10.2. The standard InChI is InChI=1S/C18H17NO2/c1-2-15-16(17(20)19-15)18(21,13-9-5-3-6-10-13)14-11-7-4-8-12-14/h2-12,15-16,21H,1H2,(H,19,20). The fraction of sp³-hybridized carbons (Fsp3) is 0.167. The van der Waals surface area contributed by atoms with Crippen LogP contribution >= 0.6 is 0 Å². The zero-order chi connectivity index (χ0) is 14.9. The molecule has 1 aliphatic heterocycles. The van der Waals surface area contributed by atoms with Crippen LogP contribution in [0.25, 0.3) is 0 Å². The van der Waals surface area contributed by atoms with E-state index in [1.54, 1.807) is 6.08 Å². The first-order valence-corrected chi connectivity index (χ1v) is 6.94. The van der Waals surface area contributed by atoms with Gasteiger partial charge in [0.1, 0.15) is 5.60 Å². The predicted molar refractivity (Wildman–Crippen MR) is 81.5 cm³/mol. The Kier molecular flexibility index (Phi) is 3.35. The quantitative estimate of drug-likeness (QED) is 0.666. The van der Waals surface area contributed by atoms with Gasteiger partial charge in [0.05, 0.1) is 12.0 Å². The average Bonchev–Trinajstić information content (AvgIpc) is 2.53. The van der Waals surface area contributed by atoms with E-state index in [1.165, 1.54) is 0 Å². The van der Waals surface area contributed by atoms with Crippen LogP contribution in [0, 0.1) is 5.92 Å². The number of aliphatic hydroxyl groups is 1. The Bertz CT molecular complexity index is 612. The second kappa shape index (κ2) is 5.19. The SMILES string of the molecule is C=CC1NC(=O)C1C(O)(c1ccccc1)c1ccccc1. The largest absolute Gasteiger partial charge is 0.379 e. The van der Waals surface area contributed by atoms with Gasteiger partial charge in [0.25, 0.3) is 0 Å². The van der Waals surface area contributed by atoms with E-state index in [2.05, 4.69) is 11.9 Å². The van der Waals surface area contributed by atoms with Crippen LogP contribution in [0.15, 0.2) is 73.3 Å². The predicted octanol–water partition coefficient (Wildman–Crippen LogP) is 2.22. The zero-order valence-electron chi connectivity index (χ0n) is 11.6. The lowest BCUT2D eigenvalue weighted by molar-refractivity contribution is -0.145. The summed E-state index contributed by atoms with van der Waals surface area (Å²) in [6.07, 6.45) is 1.67. The Labute approximate surface area is 123 Å². The first kappa shape index (κ1) is 13.6. The molecule has 106 valence electrons. The van der Waals surface area contributed by atoms with Crippen molar-refractivity contribution in [1.82, 2.24) is 5.32 Å². The highest BCUT2D eigenvalue weighted by Gasteiger charge is 2.53. The van der Waals surface area contributed by atoms with Crippen LogP contribution in [-0.2, 0) is 10.4 Å². The summed E-state index contributed by atoms with van der Waals surface area (Å²) in [5, 5.41) is 14.2. The van der Waals surface area contributed by atoms with Crippen LogP contribution in [0.4, 0.5) is 0 Å². The van der Waals surface area contributed by atoms with Crippen molar-refractivity contribution < 1.29 is 9.90 Å². The van der Waals surface area contributed by atoms with Crippen molar-refractivity contribution >= 4 is 5.91 Å². The second-order valence-corrected chi connectivity index (χ2v) is 5.25. The maximum atomic E-state index is 12.1. The summed E-state index contributed by atoms with van der Waals surface area (Å²) in [4.78, 5) is 12.1. The van der Waals surface area contributed by atoms with Crippen molar-refractivity contribution in [2.45, 2.75) is 11.6 Å². The summed E-state index contributed by atoms with van der Waals surface area (Å²) in [6, 6.07) is 18.4. The normalized spacial score (nSPS) is 21.3. The molecule has 0 saturated carbocycles. The molecule has 2 aromatic carbocycles. The summed E-state index contributed by atoms with van der Waals surface area (Å²) in [6.45, 7) is 3.74. The van der Waals surface area contributed by atoms with Gasteiger partial charge in [0.2, 0.25) is 5.91 Å². The Morgan fingerprint density at radius 3 is 1.86 bits per heavy atom. The molecule has 2 atom stereocenters. The second-order valence-electron chi connectivity index (χ2n) is 5.25. The van der Waals surface area contributed by atoms with Crippen LogP contribution in [0.1, 0.15) is 11.1 Å². The Hall–Kier alpha value is -2.39. The molecule has 1 amide bonds. The number of rotatable bonds is 4. The minimum absolute atomic E-state index is 0.157. The smallest absolute Gasteiger partial charge is 0.229 e. The molecule has 1 fully saturated rings. The molecule has 1 saturated heterocycles. The van der Waals surface area contributed by atoms with Crippen molar-refractivity contribution in [2.24, 2.45) is 5.92 Å². The Balaban J connectivity index is 2.16. The van der Waals surface area contributed by atoms with E-state index in [0.717, 1.165) is 0 Å². The molecule has 2 unspecified atom stereocenters. The van der Waals surface area contributed by atoms with Crippen LogP contribution in [0.2, 0.25) is 0 Å². The number of carbonyl (C=O) groups excluding carboxylic acids is 1. The van der Waals surface area contributed by atoms with Crippen molar-refractivity contribution in [3.63, 3.8) is 0 Å². The minimum Gasteiger partial charge on any atom is -0.379 e. The third-order valence-electron chi connectivity index (χ3n) is 4.08. The molecule has 3 rings (SSSR count). The van der Waals surface area contributed by atoms with E-state index in [0.29, 0.717) is 11.1 Å². The number of β-lactam (4-membered cyclic amide) rings is 1. The molecule has 0 radical (unpaired) electrons. The molecule has 3 nitrogen and oxygen atoms in total. The van der Waals surface area contributed by atoms with Crippen LogP contribution in [0.5, 0.6) is 0 Å². The Morgan fingerprint density at radius 2 is 1.48 bits per heavy atom. The average molecular weight is 279 g/mol. The van der Waals surface area contributed by atoms with Gasteiger partial charge in [-0.15, -0.1) is 6.58 Å². The minimum atomic E-state index is -1.36. The highest BCUT2D eigenvalue weighted by Crippen LogP contribution is 2.42. The number of carbonyl (C=O) groups is 1. The molecular weight excluding hydrogens is 262 g/mol. The van der Waals surface area contributed by atoms with E-state index < -0.39 is 11.5 Å². The molecule has 2 N–H and O–H groups in total. The third kappa shape index (κ3) is 2.06. The number of benzene rings is 2. The summed E-state index contributed by atoms with van der Waals surface area (Å²) < 4.78 is 0. The molecular formula is C18H17NO2. The maximum absolute atomic E-state index is 12.1. The maximum Gasteiger partial charge on any atom is 0.229 e. The molecule has 1 aliphatic rings. The molecule has 1 heterocycles. The third-order valence-corrected chi connectivity index (χ3v) is 4.08. The van der Waals surface area contributed by atoms with Crippen LogP contribution in [0.3, 0.4) is 0 Å². The van der Waals surface area contributed by atoms with Gasteiger partial charge in [-0.05, 0) is 11.1 Å². The van der Waals surface area contributed by atoms with Crippen LogP contribution < -0.4 is 5.32 Å². The van der Waals surface area contributed by atoms with Gasteiger partial charge in [-0.1, -0.05) is 66.7 Å². The van der Waals surface area contributed by atoms with Gasteiger partial charge in [-0.2, -0.15) is 0 Å². The molecule has 21 heavy (non-hydrogen) atoms. The van der Waals surface area contributed by atoms with E-state index >= 15 is 0 Å². The number of nitrogens with one attached hydrogen (secondary N) is 1. The van der Waals surface area contributed by atoms with Crippen molar-refractivity contribution in [3.8, 4) is 0 Å². The first-order valence-electron chi connectivity index (χ1n) is 6.94. The van der Waals surface area contributed by atoms with E-state index in [-0.39, 0.29) is 11.9 Å². The monoisotopic (exact) mass is 279 g/mol. The fourth-order valence-corrected chi connectivity index (χ4v) is 2.96. The van der Waals surface area contributed by atoms with Crippen molar-refractivity contribution in [3.05, 3.63) is 84.4 Å². The lowest BCUT2D eigenvalue weighted by Gasteiger charge is -2.46. The van der Waals surface area contributed by atoms with Crippen LogP contribution in [-0.4, -0.2) is 17.1 Å². The number of hydrogen-bond donors (Lipinski definition) is 2. The summed E-state index contributed by atoms with van der Waals surface area (Å²) in [5.41, 5.74) is 0.0646. The van der Waals surface area contributed by atoms with Gasteiger partial charge >= 0.3 is 0 Å². The lowest BCUT2D eigenvalue weighted by Crippen LogP contribution is -2.65. The van der Waals surface area contributed by atoms with Gasteiger partial charge in [-0.3, -0.25) is 4.79 Å². The fourth-order valence-electron chi connectivity index (χ4n) is 2.96. The van der Waals surface area contributed by atoms with Gasteiger partial charge in [-0.25, -0.2) is 0 Å². The molecule has 0 spiro atoms. The molecule has 0 bridgehead atoms. The molecule has 2 aromatic rings. The van der Waals surface area contributed by atoms with E-state index in [1.807, 2.05) is 60.7 Å². The Morgan fingerprint density at radius 1 is 1.00 bits per heavy atom. The lowest BCUT2D eigenvalue weighted by atomic mass is 9.69. The number of amides is 1. The van der Waals surface area contributed by atoms with Gasteiger partial charge in [0, 0.05) is 0 Å². The highest BCUT2D eigenvalue weighted by atomic mass is 16.3. The summed E-state index contributed by atoms with van der Waals surface area (Å²) in [7, 11) is 0. The van der Waals surface area contributed by atoms with Crippen molar-refractivity contribution in [1.29, 1.82) is 0 Å². The summed E-state index contributed by atoms with van der Waals surface area (Å²) in [5.74, 6) is -0.727. The van der Waals surface area contributed by atoms with Gasteiger partial charge in [0.15, 0.2) is 0 Å². The topological polar surface area (TPSA) is 49.3 Å². The molecule has 3 heteroatoms. The zero-order valence-corrected chi connectivity index (χ0v) is 11.6. The highest BCUT2D eigenvalue weighted by molar-refractivity contribution is 5.88. The van der Waals surface area contributed by atoms with E-state index in [4.69, 9.17) is 0 Å². The van der Waals surface area contributed by atoms with Crippen molar-refractivity contribution in [2.75, 3.05) is 0 Å².